The Bertz CT molecular complexity index is 1230. The molecule has 2 amide bonds. The van der Waals surface area contributed by atoms with Gasteiger partial charge in [0.15, 0.2) is 17.7 Å². The lowest BCUT2D eigenvalue weighted by atomic mass is 10.1. The zero-order valence-electron chi connectivity index (χ0n) is 20.6. The molecule has 1 unspecified atom stereocenters. The number of amides is 2. The number of nitrogens with zero attached hydrogens (tertiary/aromatic N) is 2. The zero-order chi connectivity index (χ0) is 27.4. The van der Waals surface area contributed by atoms with Gasteiger partial charge < -0.3 is 49.4 Å². The Kier molecular flexibility index (Phi) is 6.28. The van der Waals surface area contributed by atoms with Gasteiger partial charge in [0.25, 0.3) is 12.2 Å². The summed E-state index contributed by atoms with van der Waals surface area (Å²) in [5.41, 5.74) is -0.453. The third-order valence-electron chi connectivity index (χ3n) is 5.89. The number of carbonyl (C=O) groups is 2. The third kappa shape index (κ3) is 4.53. The quantitative estimate of drug-likeness (QED) is 0.369. The number of fused-ring (bicyclic) bond motifs is 2. The number of phenols is 1. The number of phenolic OH excluding ortho intramolecular Hbond substituents is 1. The molecule has 13 heteroatoms. The van der Waals surface area contributed by atoms with E-state index in [4.69, 9.17) is 18.9 Å². The van der Waals surface area contributed by atoms with E-state index in [0.29, 0.717) is 5.57 Å². The van der Waals surface area contributed by atoms with Crippen LogP contribution in [0.4, 0.5) is 10.5 Å². The summed E-state index contributed by atoms with van der Waals surface area (Å²) in [6, 6.07) is 1.52. The van der Waals surface area contributed by atoms with Gasteiger partial charge in [0.1, 0.15) is 5.60 Å². The van der Waals surface area contributed by atoms with Crippen LogP contribution in [-0.4, -0.2) is 80.2 Å². The number of hydrogen-bond donors (Lipinski definition) is 5. The van der Waals surface area contributed by atoms with Crippen molar-refractivity contribution in [3.05, 3.63) is 53.1 Å². The number of methoxy groups -OCH3 is 1. The largest absolute Gasteiger partial charge is 0.504 e. The number of aromatic hydroxyl groups is 1. The minimum Gasteiger partial charge on any atom is -0.504 e. The summed E-state index contributed by atoms with van der Waals surface area (Å²) < 4.78 is 21.7. The van der Waals surface area contributed by atoms with E-state index in [9.17, 15) is 35.1 Å². The Morgan fingerprint density at radius 2 is 1.81 bits per heavy atom. The summed E-state index contributed by atoms with van der Waals surface area (Å²) >= 11 is 0. The second kappa shape index (κ2) is 9.00. The fourth-order valence-electron chi connectivity index (χ4n) is 4.29. The van der Waals surface area contributed by atoms with E-state index >= 15 is 0 Å². The average Bonchev–Trinajstić information content (AvgIpc) is 3.17. The molecule has 1 aromatic rings. The number of carbonyl (C=O) groups excluding carboxylic acids is 2. The number of ether oxygens (including phenoxy) is 4. The van der Waals surface area contributed by atoms with Crippen LogP contribution in [0.5, 0.6) is 11.5 Å². The van der Waals surface area contributed by atoms with E-state index in [1.54, 1.807) is 20.8 Å². The Labute approximate surface area is 211 Å². The van der Waals surface area contributed by atoms with Crippen LogP contribution in [0.15, 0.2) is 47.5 Å². The molecular weight excluding hydrogens is 492 g/mol. The van der Waals surface area contributed by atoms with Crippen LogP contribution in [0.2, 0.25) is 0 Å². The molecule has 0 bridgehead atoms. The van der Waals surface area contributed by atoms with Crippen LogP contribution in [0.3, 0.4) is 0 Å². The molecule has 200 valence electrons. The van der Waals surface area contributed by atoms with Crippen LogP contribution in [0, 0.1) is 0 Å². The van der Waals surface area contributed by atoms with E-state index in [1.807, 2.05) is 0 Å². The van der Waals surface area contributed by atoms with E-state index in [-0.39, 0.29) is 35.7 Å². The maximum Gasteiger partial charge on any atom is 0.417 e. The van der Waals surface area contributed by atoms with Crippen LogP contribution < -0.4 is 9.64 Å². The second-order valence-corrected chi connectivity index (χ2v) is 9.71. The van der Waals surface area contributed by atoms with Gasteiger partial charge in [-0.05, 0) is 33.3 Å². The van der Waals surface area contributed by atoms with Gasteiger partial charge in [0.2, 0.25) is 17.3 Å². The summed E-state index contributed by atoms with van der Waals surface area (Å²) in [4.78, 5) is 29.6. The molecule has 3 heterocycles. The number of rotatable bonds is 3. The third-order valence-corrected chi connectivity index (χ3v) is 5.89. The molecule has 13 nitrogen and oxygen atoms in total. The maximum atomic E-state index is 13.6. The van der Waals surface area contributed by atoms with Crippen molar-refractivity contribution >= 4 is 17.7 Å². The second-order valence-electron chi connectivity index (χ2n) is 9.71. The monoisotopic (exact) mass is 520 g/mol. The van der Waals surface area contributed by atoms with Crippen molar-refractivity contribution in [2.24, 2.45) is 0 Å². The van der Waals surface area contributed by atoms with Gasteiger partial charge in [-0.1, -0.05) is 12.2 Å². The standard InChI is InChI=1S/C24H28N2O11/c1-10-6-13-20(35-22-18(30)16(28)17(29)21(32)36-22)26(23(33)37-24(2,3)4)12-8-14(27)15(34-5)7-11(12)19(31)25(13)9-10/h7-8,13,20,22,27-30,32H,1,6,9H2,2-5H3/t13-,20-,22?/m0/s1. The Morgan fingerprint density at radius 1 is 1.14 bits per heavy atom. The molecule has 0 spiro atoms. The number of aliphatic hydroxyl groups excluding tert-OH is 4. The van der Waals surface area contributed by atoms with Crippen molar-refractivity contribution in [3.8, 4) is 11.5 Å². The van der Waals surface area contributed by atoms with Crippen molar-refractivity contribution in [2.45, 2.75) is 51.4 Å². The predicted octanol–water partition coefficient (Wildman–Crippen LogP) is 3.24. The van der Waals surface area contributed by atoms with Gasteiger partial charge in [-0.25, -0.2) is 9.69 Å². The summed E-state index contributed by atoms with van der Waals surface area (Å²) in [6.07, 6.45) is -4.16. The van der Waals surface area contributed by atoms with Crippen LogP contribution in [0.25, 0.3) is 0 Å². The van der Waals surface area contributed by atoms with Crippen LogP contribution >= 0.6 is 0 Å². The molecule has 1 fully saturated rings. The molecule has 0 aromatic heterocycles. The molecule has 37 heavy (non-hydrogen) atoms. The van der Waals surface area contributed by atoms with E-state index < -0.39 is 59.4 Å². The summed E-state index contributed by atoms with van der Waals surface area (Å²) in [5, 5.41) is 50.4. The van der Waals surface area contributed by atoms with E-state index in [1.165, 1.54) is 18.1 Å². The first-order chi connectivity index (χ1) is 17.2. The van der Waals surface area contributed by atoms with Gasteiger partial charge in [0.05, 0.1) is 24.4 Å². The molecule has 3 aliphatic heterocycles. The van der Waals surface area contributed by atoms with Crippen molar-refractivity contribution in [1.29, 1.82) is 0 Å². The lowest BCUT2D eigenvalue weighted by Crippen LogP contribution is -2.55. The highest BCUT2D eigenvalue weighted by Crippen LogP contribution is 2.43. The molecule has 0 radical (unpaired) electrons. The number of benzene rings is 1. The van der Waals surface area contributed by atoms with Crippen molar-refractivity contribution < 1.29 is 54.1 Å². The predicted molar refractivity (Wildman–Crippen MR) is 126 cm³/mol. The normalized spacial score (nSPS) is 23.9. The topological polar surface area (TPSA) is 179 Å². The minimum absolute atomic E-state index is 0.0149. The van der Waals surface area contributed by atoms with Gasteiger partial charge in [-0.3, -0.25) is 4.79 Å². The molecule has 0 saturated carbocycles. The first kappa shape index (κ1) is 25.8. The number of aliphatic hydroxyl groups is 4. The van der Waals surface area contributed by atoms with Gasteiger partial charge in [-0.2, -0.15) is 0 Å². The van der Waals surface area contributed by atoms with Gasteiger partial charge in [0, 0.05) is 12.6 Å². The zero-order valence-corrected chi connectivity index (χ0v) is 20.6. The highest BCUT2D eigenvalue weighted by molar-refractivity contribution is 6.06. The Balaban J connectivity index is 1.90. The highest BCUT2D eigenvalue weighted by atomic mass is 16.7. The fraction of sp³-hybridized carbons (Fsp3) is 0.417. The van der Waals surface area contributed by atoms with Crippen molar-refractivity contribution in [1.82, 2.24) is 4.90 Å². The SMILES string of the molecule is C=C1C[C@H]2[C@H](OC3OC(O)=C(O)C(O)=C3O)N(C(=O)OC(C)(C)C)c3cc(O)c(OC)cc3C(=O)N2C1. The summed E-state index contributed by atoms with van der Waals surface area (Å²) in [5.74, 6) is -5.26. The summed E-state index contributed by atoms with van der Waals surface area (Å²) in [7, 11) is 1.30. The first-order valence-electron chi connectivity index (χ1n) is 11.2. The van der Waals surface area contributed by atoms with Crippen molar-refractivity contribution in [3.63, 3.8) is 0 Å². The molecule has 3 aliphatic rings. The fourth-order valence-corrected chi connectivity index (χ4v) is 4.29. The van der Waals surface area contributed by atoms with Crippen LogP contribution in [0.1, 0.15) is 37.6 Å². The average molecular weight is 520 g/mol. The lowest BCUT2D eigenvalue weighted by Gasteiger charge is -2.38. The van der Waals surface area contributed by atoms with Crippen LogP contribution in [-0.2, 0) is 14.2 Å². The molecule has 1 aromatic carbocycles. The molecular formula is C24H28N2O11. The lowest BCUT2D eigenvalue weighted by molar-refractivity contribution is -0.181. The minimum atomic E-state index is -1.90. The van der Waals surface area contributed by atoms with Gasteiger partial charge in [-0.15, -0.1) is 0 Å². The summed E-state index contributed by atoms with van der Waals surface area (Å²) in [6.45, 7) is 8.94. The number of anilines is 1. The first-order valence-corrected chi connectivity index (χ1v) is 11.2. The Hall–Kier alpha value is -4.26. The molecule has 4 rings (SSSR count). The Morgan fingerprint density at radius 3 is 2.43 bits per heavy atom. The highest BCUT2D eigenvalue weighted by Gasteiger charge is 2.50. The van der Waals surface area contributed by atoms with E-state index in [0.717, 1.165) is 11.0 Å². The maximum absolute atomic E-state index is 13.6. The van der Waals surface area contributed by atoms with Gasteiger partial charge >= 0.3 is 12.0 Å². The van der Waals surface area contributed by atoms with Crippen molar-refractivity contribution in [2.75, 3.05) is 18.6 Å². The molecule has 1 saturated heterocycles. The molecule has 0 aliphatic carbocycles. The molecule has 5 N–H and O–H groups in total. The smallest absolute Gasteiger partial charge is 0.417 e. The van der Waals surface area contributed by atoms with E-state index in [2.05, 4.69) is 6.58 Å². The molecule has 3 atom stereocenters. The number of hydrogen-bond acceptors (Lipinski definition) is 11.